The van der Waals surface area contributed by atoms with Crippen LogP contribution in [0, 0.1) is 0 Å². The summed E-state index contributed by atoms with van der Waals surface area (Å²) in [4.78, 5) is 11.6. The van der Waals surface area contributed by atoms with Crippen molar-refractivity contribution >= 4 is 5.97 Å². The highest BCUT2D eigenvalue weighted by Gasteiger charge is 2.63. The summed E-state index contributed by atoms with van der Waals surface area (Å²) in [6, 6.07) is 0. The van der Waals surface area contributed by atoms with E-state index in [0.29, 0.717) is 0 Å². The molecule has 16 heavy (non-hydrogen) atoms. The predicted molar refractivity (Wildman–Crippen MR) is 51.4 cm³/mol. The van der Waals surface area contributed by atoms with Crippen LogP contribution in [0.15, 0.2) is 0 Å². The van der Waals surface area contributed by atoms with Gasteiger partial charge in [-0.3, -0.25) is 0 Å². The fraction of sp³-hybridized carbons (Fsp3) is 0.900. The molecule has 2 aliphatic heterocycles. The number of carbonyl (C=O) groups excluding carboxylic acids is 1. The van der Waals surface area contributed by atoms with Gasteiger partial charge in [-0.2, -0.15) is 0 Å². The first-order valence-corrected chi connectivity index (χ1v) is 5.28. The van der Waals surface area contributed by atoms with Gasteiger partial charge in [0.05, 0.1) is 13.2 Å². The van der Waals surface area contributed by atoms with Crippen molar-refractivity contribution in [3.8, 4) is 0 Å². The van der Waals surface area contributed by atoms with Crippen molar-refractivity contribution in [1.82, 2.24) is 0 Å². The second-order valence-electron chi connectivity index (χ2n) is 4.32. The van der Waals surface area contributed by atoms with E-state index >= 15 is 0 Å². The lowest BCUT2D eigenvalue weighted by molar-refractivity contribution is -0.262. The third-order valence-corrected chi connectivity index (χ3v) is 2.60. The molecule has 2 saturated heterocycles. The molecule has 0 bridgehead atoms. The zero-order valence-corrected chi connectivity index (χ0v) is 9.56. The smallest absolute Gasteiger partial charge is 0.369 e. The zero-order valence-electron chi connectivity index (χ0n) is 9.56. The monoisotopic (exact) mass is 232 g/mol. The summed E-state index contributed by atoms with van der Waals surface area (Å²) in [5, 5.41) is 10.1. The van der Waals surface area contributed by atoms with Crippen molar-refractivity contribution in [2.75, 3.05) is 13.2 Å². The van der Waals surface area contributed by atoms with E-state index in [0.717, 1.165) is 0 Å². The summed E-state index contributed by atoms with van der Waals surface area (Å²) in [5.41, 5.74) is 0. The highest BCUT2D eigenvalue weighted by Crippen LogP contribution is 2.40. The minimum absolute atomic E-state index is 0.114. The van der Waals surface area contributed by atoms with Crippen molar-refractivity contribution in [3.63, 3.8) is 0 Å². The van der Waals surface area contributed by atoms with Gasteiger partial charge in [-0.05, 0) is 20.8 Å². The molecule has 2 heterocycles. The van der Waals surface area contributed by atoms with E-state index < -0.39 is 29.8 Å². The van der Waals surface area contributed by atoms with Gasteiger partial charge < -0.3 is 24.1 Å². The second kappa shape index (κ2) is 3.66. The lowest BCUT2D eigenvalue weighted by atomic mass is 10.1. The summed E-state index contributed by atoms with van der Waals surface area (Å²) in [6.07, 6.45) is -1.27. The second-order valence-corrected chi connectivity index (χ2v) is 4.32. The fourth-order valence-corrected chi connectivity index (χ4v) is 1.99. The molecule has 1 unspecified atom stereocenters. The Kier molecular flexibility index (Phi) is 2.70. The van der Waals surface area contributed by atoms with Crippen LogP contribution in [0.2, 0.25) is 0 Å². The van der Waals surface area contributed by atoms with Crippen molar-refractivity contribution in [2.24, 2.45) is 0 Å². The van der Waals surface area contributed by atoms with Crippen LogP contribution < -0.4 is 0 Å². The largest absolute Gasteiger partial charge is 0.462 e. The van der Waals surface area contributed by atoms with Gasteiger partial charge in [0.15, 0.2) is 11.9 Å². The molecule has 0 aromatic carbocycles. The first-order valence-electron chi connectivity index (χ1n) is 5.28. The van der Waals surface area contributed by atoms with Crippen molar-refractivity contribution in [2.45, 2.75) is 44.6 Å². The molecule has 0 aliphatic carbocycles. The van der Waals surface area contributed by atoms with E-state index in [-0.39, 0.29) is 13.2 Å². The lowest BCUT2D eigenvalue weighted by Crippen LogP contribution is -2.50. The molecule has 0 aromatic rings. The Bertz CT molecular complexity index is 302. The van der Waals surface area contributed by atoms with Gasteiger partial charge in [-0.1, -0.05) is 0 Å². The summed E-state index contributed by atoms with van der Waals surface area (Å²) in [6.45, 7) is 5.38. The molecule has 0 saturated carbocycles. The van der Waals surface area contributed by atoms with Crippen LogP contribution in [0.3, 0.4) is 0 Å². The topological polar surface area (TPSA) is 74.2 Å². The minimum Gasteiger partial charge on any atom is -0.462 e. The van der Waals surface area contributed by atoms with E-state index in [9.17, 15) is 9.90 Å². The van der Waals surface area contributed by atoms with Gasteiger partial charge in [-0.25, -0.2) is 4.79 Å². The number of carbonyl (C=O) groups is 1. The highest BCUT2D eigenvalue weighted by atomic mass is 16.8. The standard InChI is InChI=1S/C10H16O6/c1-4-13-8(11)10(12)7-6(5-14-10)15-9(2,3)16-7/h6-7,12H,4-5H2,1-3H3/t6-,7-,10?/m1/s1. The van der Waals surface area contributed by atoms with Gasteiger partial charge >= 0.3 is 5.97 Å². The number of hydrogen-bond donors (Lipinski definition) is 1. The number of fused-ring (bicyclic) bond motifs is 1. The highest BCUT2D eigenvalue weighted by molar-refractivity contribution is 5.79. The number of ether oxygens (including phenoxy) is 4. The first kappa shape index (κ1) is 11.8. The first-order chi connectivity index (χ1) is 7.39. The van der Waals surface area contributed by atoms with Crippen molar-refractivity contribution in [3.05, 3.63) is 0 Å². The Morgan fingerprint density at radius 2 is 2.19 bits per heavy atom. The normalized spacial score (nSPS) is 40.8. The summed E-state index contributed by atoms with van der Waals surface area (Å²) in [7, 11) is 0. The van der Waals surface area contributed by atoms with E-state index in [2.05, 4.69) is 0 Å². The summed E-state index contributed by atoms with van der Waals surface area (Å²) < 4.78 is 20.7. The molecular formula is C10H16O6. The third-order valence-electron chi connectivity index (χ3n) is 2.60. The molecule has 1 N–H and O–H groups in total. The Morgan fingerprint density at radius 1 is 1.50 bits per heavy atom. The maximum Gasteiger partial charge on any atom is 0.369 e. The van der Waals surface area contributed by atoms with Crippen LogP contribution >= 0.6 is 0 Å². The Balaban J connectivity index is 2.15. The fourth-order valence-electron chi connectivity index (χ4n) is 1.99. The SMILES string of the molecule is CCOC(=O)C1(O)OC[C@H]2OC(C)(C)O[C@H]21. The molecule has 6 nitrogen and oxygen atoms in total. The summed E-state index contributed by atoms with van der Waals surface area (Å²) >= 11 is 0. The van der Waals surface area contributed by atoms with Gasteiger partial charge in [0.2, 0.25) is 0 Å². The molecule has 0 amide bonds. The number of aliphatic hydroxyl groups is 1. The van der Waals surface area contributed by atoms with Crippen LogP contribution in [-0.2, 0) is 23.7 Å². The number of hydrogen-bond acceptors (Lipinski definition) is 6. The van der Waals surface area contributed by atoms with Crippen LogP contribution in [-0.4, -0.2) is 48.1 Å². The molecule has 0 spiro atoms. The maximum atomic E-state index is 11.6. The summed E-state index contributed by atoms with van der Waals surface area (Å²) in [5.74, 6) is -3.70. The molecule has 2 aliphatic rings. The van der Waals surface area contributed by atoms with Gasteiger partial charge in [0.1, 0.15) is 6.10 Å². The van der Waals surface area contributed by atoms with Crippen LogP contribution in [0.25, 0.3) is 0 Å². The Hall–Kier alpha value is -0.690. The molecule has 92 valence electrons. The zero-order chi connectivity index (χ0) is 12.0. The molecular weight excluding hydrogens is 216 g/mol. The van der Waals surface area contributed by atoms with Gasteiger partial charge in [0, 0.05) is 0 Å². The Labute approximate surface area is 93.4 Å². The van der Waals surface area contributed by atoms with Gasteiger partial charge in [-0.15, -0.1) is 0 Å². The van der Waals surface area contributed by atoms with Crippen molar-refractivity contribution < 1.29 is 28.8 Å². The lowest BCUT2D eigenvalue weighted by Gasteiger charge is -2.26. The average Bonchev–Trinajstić information content (AvgIpc) is 2.64. The Morgan fingerprint density at radius 3 is 2.81 bits per heavy atom. The minimum atomic E-state index is -2.05. The molecule has 2 rings (SSSR count). The van der Waals surface area contributed by atoms with Gasteiger partial charge in [0.25, 0.3) is 5.79 Å². The van der Waals surface area contributed by atoms with E-state index in [4.69, 9.17) is 18.9 Å². The molecule has 0 aromatic heterocycles. The maximum absolute atomic E-state index is 11.6. The number of esters is 1. The van der Waals surface area contributed by atoms with E-state index in [1.54, 1.807) is 20.8 Å². The average molecular weight is 232 g/mol. The van der Waals surface area contributed by atoms with E-state index in [1.807, 2.05) is 0 Å². The van der Waals surface area contributed by atoms with Crippen molar-refractivity contribution in [1.29, 1.82) is 0 Å². The molecule has 3 atom stereocenters. The van der Waals surface area contributed by atoms with Crippen LogP contribution in [0.5, 0.6) is 0 Å². The number of rotatable bonds is 2. The van der Waals surface area contributed by atoms with Crippen LogP contribution in [0.4, 0.5) is 0 Å². The molecule has 2 fully saturated rings. The molecule has 6 heteroatoms. The van der Waals surface area contributed by atoms with Crippen LogP contribution in [0.1, 0.15) is 20.8 Å². The third kappa shape index (κ3) is 1.71. The van der Waals surface area contributed by atoms with E-state index in [1.165, 1.54) is 0 Å². The predicted octanol–water partition coefficient (Wildman–Crippen LogP) is -0.212. The quantitative estimate of drug-likeness (QED) is 0.664. The molecule has 0 radical (unpaired) electrons.